The summed E-state index contributed by atoms with van der Waals surface area (Å²) in [5.74, 6) is 0.602. The average Bonchev–Trinajstić information content (AvgIpc) is 2.29. The van der Waals surface area contributed by atoms with Gasteiger partial charge in [0.15, 0.2) is 0 Å². The van der Waals surface area contributed by atoms with Gasteiger partial charge in [-0.2, -0.15) is 0 Å². The molecule has 0 amide bonds. The molecule has 0 fully saturated rings. The molecule has 2 heterocycles. The van der Waals surface area contributed by atoms with E-state index in [1.807, 2.05) is 6.07 Å². The molecule has 2 aromatic heterocycles. The fraction of sp³-hybridized carbons (Fsp3) is 0.111. The van der Waals surface area contributed by atoms with Crippen molar-refractivity contribution in [3.63, 3.8) is 0 Å². The van der Waals surface area contributed by atoms with Crippen molar-refractivity contribution in [2.45, 2.75) is 6.54 Å². The average molecular weight is 222 g/mol. The maximum atomic E-state index is 5.87. The van der Waals surface area contributed by atoms with Gasteiger partial charge in [-0.25, -0.2) is 19.9 Å². The number of nitrogens with zero attached hydrogens (tertiary/aromatic N) is 4. The van der Waals surface area contributed by atoms with Crippen molar-refractivity contribution in [2.24, 2.45) is 0 Å². The molecule has 0 saturated heterocycles. The van der Waals surface area contributed by atoms with Crippen LogP contribution in [0, 0.1) is 0 Å². The first kappa shape index (κ1) is 9.79. The van der Waals surface area contributed by atoms with Crippen molar-refractivity contribution in [3.8, 4) is 0 Å². The molecule has 0 bridgehead atoms. The topological polar surface area (TPSA) is 63.6 Å². The summed E-state index contributed by atoms with van der Waals surface area (Å²) in [4.78, 5) is 15.7. The molecule has 6 heteroatoms. The molecule has 0 aliphatic rings. The van der Waals surface area contributed by atoms with Gasteiger partial charge in [-0.15, -0.1) is 0 Å². The molecule has 0 aliphatic heterocycles. The molecule has 0 saturated carbocycles. The van der Waals surface area contributed by atoms with Gasteiger partial charge in [-0.1, -0.05) is 11.6 Å². The number of hydrogen-bond donors (Lipinski definition) is 1. The van der Waals surface area contributed by atoms with Crippen LogP contribution in [0.2, 0.25) is 5.02 Å². The van der Waals surface area contributed by atoms with Crippen LogP contribution in [0.5, 0.6) is 0 Å². The van der Waals surface area contributed by atoms with Gasteiger partial charge in [0.05, 0.1) is 18.4 Å². The summed E-state index contributed by atoms with van der Waals surface area (Å²) in [6.45, 7) is 0.555. The lowest BCUT2D eigenvalue weighted by molar-refractivity contribution is 0.991. The Labute approximate surface area is 91.6 Å². The molecule has 15 heavy (non-hydrogen) atoms. The number of anilines is 1. The highest BCUT2D eigenvalue weighted by atomic mass is 35.5. The van der Waals surface area contributed by atoms with Crippen molar-refractivity contribution in [2.75, 3.05) is 5.32 Å². The lowest BCUT2D eigenvalue weighted by atomic mass is 10.4. The predicted molar refractivity (Wildman–Crippen MR) is 56.4 cm³/mol. The quantitative estimate of drug-likeness (QED) is 0.852. The minimum atomic E-state index is 0.492. The van der Waals surface area contributed by atoms with Gasteiger partial charge in [0, 0.05) is 6.20 Å². The molecule has 0 aliphatic carbocycles. The highest BCUT2D eigenvalue weighted by Crippen LogP contribution is 2.16. The maximum absolute atomic E-state index is 5.87. The first-order chi connectivity index (χ1) is 7.36. The lowest BCUT2D eigenvalue weighted by Crippen LogP contribution is -2.03. The first-order valence-electron chi connectivity index (χ1n) is 4.30. The molecule has 0 aromatic carbocycles. The third kappa shape index (κ3) is 2.60. The van der Waals surface area contributed by atoms with Crippen LogP contribution in [0.4, 0.5) is 5.82 Å². The van der Waals surface area contributed by atoms with E-state index in [4.69, 9.17) is 11.6 Å². The SMILES string of the molecule is Clc1cncnc1NCc1ccncn1. The highest BCUT2D eigenvalue weighted by molar-refractivity contribution is 6.32. The van der Waals surface area contributed by atoms with Crippen molar-refractivity contribution in [3.05, 3.63) is 41.8 Å². The van der Waals surface area contributed by atoms with E-state index >= 15 is 0 Å². The molecule has 2 aromatic rings. The molecular weight excluding hydrogens is 214 g/mol. The van der Waals surface area contributed by atoms with Gasteiger partial charge in [0.25, 0.3) is 0 Å². The van der Waals surface area contributed by atoms with Gasteiger partial charge < -0.3 is 5.32 Å². The van der Waals surface area contributed by atoms with Crippen LogP contribution < -0.4 is 5.32 Å². The van der Waals surface area contributed by atoms with Crippen LogP contribution in [0.15, 0.2) is 31.1 Å². The van der Waals surface area contributed by atoms with E-state index < -0.39 is 0 Å². The Hall–Kier alpha value is -1.75. The first-order valence-corrected chi connectivity index (χ1v) is 4.68. The Morgan fingerprint density at radius 1 is 1.20 bits per heavy atom. The van der Waals surface area contributed by atoms with Crippen LogP contribution in [-0.4, -0.2) is 19.9 Å². The van der Waals surface area contributed by atoms with Gasteiger partial charge >= 0.3 is 0 Å². The Bertz CT molecular complexity index is 434. The fourth-order valence-corrected chi connectivity index (χ4v) is 1.21. The van der Waals surface area contributed by atoms with E-state index in [1.54, 1.807) is 6.20 Å². The molecule has 0 atom stereocenters. The van der Waals surface area contributed by atoms with Crippen molar-refractivity contribution in [1.29, 1.82) is 0 Å². The Morgan fingerprint density at radius 2 is 2.07 bits per heavy atom. The fourth-order valence-electron chi connectivity index (χ4n) is 1.04. The second kappa shape index (κ2) is 4.65. The molecule has 5 nitrogen and oxygen atoms in total. The Morgan fingerprint density at radius 3 is 2.80 bits per heavy atom. The maximum Gasteiger partial charge on any atom is 0.148 e. The van der Waals surface area contributed by atoms with Crippen LogP contribution >= 0.6 is 11.6 Å². The van der Waals surface area contributed by atoms with E-state index in [9.17, 15) is 0 Å². The summed E-state index contributed by atoms with van der Waals surface area (Å²) in [5.41, 5.74) is 0.875. The van der Waals surface area contributed by atoms with Crippen LogP contribution in [0.25, 0.3) is 0 Å². The van der Waals surface area contributed by atoms with E-state index in [2.05, 4.69) is 25.3 Å². The predicted octanol–water partition coefficient (Wildman–Crippen LogP) is 1.53. The second-order valence-electron chi connectivity index (χ2n) is 2.77. The summed E-state index contributed by atoms with van der Waals surface area (Å²) in [5, 5.41) is 3.55. The number of nitrogens with one attached hydrogen (secondary N) is 1. The molecular formula is C9H8ClN5. The summed E-state index contributed by atoms with van der Waals surface area (Å²) in [6, 6.07) is 1.82. The normalized spacial score (nSPS) is 9.93. The Kier molecular flexibility index (Phi) is 3.04. The number of rotatable bonds is 3. The monoisotopic (exact) mass is 221 g/mol. The molecule has 0 unspecified atom stereocenters. The van der Waals surface area contributed by atoms with Crippen LogP contribution in [-0.2, 0) is 6.54 Å². The molecule has 0 radical (unpaired) electrons. The summed E-state index contributed by atoms with van der Waals surface area (Å²) < 4.78 is 0. The Balaban J connectivity index is 2.03. The van der Waals surface area contributed by atoms with Crippen molar-refractivity contribution < 1.29 is 0 Å². The molecule has 0 spiro atoms. The zero-order chi connectivity index (χ0) is 10.5. The van der Waals surface area contributed by atoms with E-state index in [-0.39, 0.29) is 0 Å². The third-order valence-electron chi connectivity index (χ3n) is 1.75. The van der Waals surface area contributed by atoms with Gasteiger partial charge in [-0.3, -0.25) is 0 Å². The smallest absolute Gasteiger partial charge is 0.148 e. The molecule has 2 rings (SSSR count). The van der Waals surface area contributed by atoms with E-state index in [1.165, 1.54) is 18.9 Å². The zero-order valence-electron chi connectivity index (χ0n) is 7.76. The number of aromatic nitrogens is 4. The number of halogens is 1. The van der Waals surface area contributed by atoms with Crippen LogP contribution in [0.1, 0.15) is 5.69 Å². The molecule has 1 N–H and O–H groups in total. The standard InChI is InChI=1S/C9H8ClN5/c10-8-4-12-6-15-9(8)13-3-7-1-2-11-5-14-7/h1-2,4-6H,3H2,(H,12,13,15). The van der Waals surface area contributed by atoms with Crippen LogP contribution in [0.3, 0.4) is 0 Å². The number of hydrogen-bond acceptors (Lipinski definition) is 5. The molecule has 76 valence electrons. The largest absolute Gasteiger partial charge is 0.363 e. The summed E-state index contributed by atoms with van der Waals surface area (Å²) in [7, 11) is 0. The zero-order valence-corrected chi connectivity index (χ0v) is 8.52. The minimum Gasteiger partial charge on any atom is -0.363 e. The summed E-state index contributed by atoms with van der Waals surface area (Å²) >= 11 is 5.87. The van der Waals surface area contributed by atoms with Gasteiger partial charge in [0.2, 0.25) is 0 Å². The van der Waals surface area contributed by atoms with E-state index in [0.29, 0.717) is 17.4 Å². The lowest BCUT2D eigenvalue weighted by Gasteiger charge is -2.05. The minimum absolute atomic E-state index is 0.492. The van der Waals surface area contributed by atoms with E-state index in [0.717, 1.165) is 5.69 Å². The van der Waals surface area contributed by atoms with Gasteiger partial charge in [-0.05, 0) is 6.07 Å². The third-order valence-corrected chi connectivity index (χ3v) is 2.02. The van der Waals surface area contributed by atoms with Crippen molar-refractivity contribution >= 4 is 17.4 Å². The van der Waals surface area contributed by atoms with Crippen molar-refractivity contribution in [1.82, 2.24) is 19.9 Å². The second-order valence-corrected chi connectivity index (χ2v) is 3.18. The summed E-state index contributed by atoms with van der Waals surface area (Å²) in [6.07, 6.45) is 6.16. The van der Waals surface area contributed by atoms with Gasteiger partial charge in [0.1, 0.15) is 23.5 Å². The highest BCUT2D eigenvalue weighted by Gasteiger charge is 2.00.